The molecule has 1 aliphatic rings. The van der Waals surface area contributed by atoms with Gasteiger partial charge in [0.2, 0.25) is 5.91 Å². The third-order valence-corrected chi connectivity index (χ3v) is 6.51. The van der Waals surface area contributed by atoms with Gasteiger partial charge in [-0.1, -0.05) is 42.5 Å². The van der Waals surface area contributed by atoms with Gasteiger partial charge in [0.15, 0.2) is 0 Å². The van der Waals surface area contributed by atoms with E-state index in [9.17, 15) is 9.59 Å². The molecule has 1 N–H and O–H groups in total. The third-order valence-electron chi connectivity index (χ3n) is 5.26. The molecule has 0 aliphatic carbocycles. The lowest BCUT2D eigenvalue weighted by Gasteiger charge is -2.24. The van der Waals surface area contributed by atoms with Gasteiger partial charge >= 0.3 is 0 Å². The van der Waals surface area contributed by atoms with E-state index < -0.39 is 0 Å². The number of hydrogen-bond donors (Lipinski definition) is 1. The quantitative estimate of drug-likeness (QED) is 0.585. The van der Waals surface area contributed by atoms with Crippen molar-refractivity contribution in [1.29, 1.82) is 0 Å². The maximum atomic E-state index is 12.6. The first-order chi connectivity index (χ1) is 15.1. The maximum Gasteiger partial charge on any atom is 0.255 e. The van der Waals surface area contributed by atoms with E-state index >= 15 is 0 Å². The van der Waals surface area contributed by atoms with E-state index in [1.807, 2.05) is 47.4 Å². The van der Waals surface area contributed by atoms with Gasteiger partial charge in [-0.15, -0.1) is 11.8 Å². The van der Waals surface area contributed by atoms with Crippen LogP contribution in [0.1, 0.15) is 26.9 Å². The van der Waals surface area contributed by atoms with E-state index in [0.717, 1.165) is 17.7 Å². The van der Waals surface area contributed by atoms with Gasteiger partial charge in [0.05, 0.1) is 12.9 Å². The molecular weight excluding hydrogens is 408 g/mol. The molecule has 0 aromatic heterocycles. The minimum absolute atomic E-state index is 0.0186. The molecule has 1 saturated heterocycles. The summed E-state index contributed by atoms with van der Waals surface area (Å²) in [4.78, 5) is 26.9. The molecule has 1 heterocycles. The van der Waals surface area contributed by atoms with Crippen molar-refractivity contribution in [1.82, 2.24) is 4.90 Å². The molecule has 5 nitrogen and oxygen atoms in total. The number of ether oxygens (including phenoxy) is 1. The Morgan fingerprint density at radius 3 is 2.42 bits per heavy atom. The Morgan fingerprint density at radius 2 is 1.74 bits per heavy atom. The molecule has 1 atom stereocenters. The molecule has 1 aliphatic heterocycles. The van der Waals surface area contributed by atoms with Gasteiger partial charge in [-0.2, -0.15) is 0 Å². The van der Waals surface area contributed by atoms with Crippen LogP contribution in [0.25, 0.3) is 0 Å². The van der Waals surface area contributed by atoms with E-state index in [1.165, 1.54) is 5.56 Å². The van der Waals surface area contributed by atoms with Crippen LogP contribution in [0.5, 0.6) is 5.75 Å². The standard InChI is InChI=1S/C25H24N2O3S/c1-30-22-13-11-21(12-14-22)26-24(29)19-7-9-20(10-8-19)25-27(23(28)17-31-25)16-15-18-5-3-2-4-6-18/h2-14,25H,15-17H2,1H3,(H,26,29). The molecule has 1 unspecified atom stereocenters. The van der Waals surface area contributed by atoms with Gasteiger partial charge in [-0.05, 0) is 53.9 Å². The Balaban J connectivity index is 1.41. The molecule has 31 heavy (non-hydrogen) atoms. The Morgan fingerprint density at radius 1 is 1.03 bits per heavy atom. The van der Waals surface area contributed by atoms with Crippen LogP contribution in [0.2, 0.25) is 0 Å². The number of methoxy groups -OCH3 is 1. The average Bonchev–Trinajstić information content (AvgIpc) is 3.19. The first-order valence-corrected chi connectivity index (χ1v) is 11.2. The summed E-state index contributed by atoms with van der Waals surface area (Å²) >= 11 is 1.63. The molecule has 0 bridgehead atoms. The van der Waals surface area contributed by atoms with Gasteiger partial charge in [0.25, 0.3) is 5.91 Å². The first kappa shape index (κ1) is 21.0. The number of rotatable bonds is 7. The number of nitrogens with zero attached hydrogens (tertiary/aromatic N) is 1. The number of anilines is 1. The van der Waals surface area contributed by atoms with Crippen molar-refractivity contribution in [2.45, 2.75) is 11.8 Å². The zero-order valence-corrected chi connectivity index (χ0v) is 18.1. The lowest BCUT2D eigenvalue weighted by Crippen LogP contribution is -2.30. The molecule has 0 saturated carbocycles. The monoisotopic (exact) mass is 432 g/mol. The molecule has 158 valence electrons. The molecule has 4 rings (SSSR count). The highest BCUT2D eigenvalue weighted by molar-refractivity contribution is 8.00. The van der Waals surface area contributed by atoms with Crippen molar-refractivity contribution in [3.05, 3.63) is 95.6 Å². The largest absolute Gasteiger partial charge is 0.497 e. The fourth-order valence-electron chi connectivity index (χ4n) is 3.54. The summed E-state index contributed by atoms with van der Waals surface area (Å²) in [6.07, 6.45) is 0.825. The van der Waals surface area contributed by atoms with Gasteiger partial charge in [-0.3, -0.25) is 9.59 Å². The predicted molar refractivity (Wildman–Crippen MR) is 124 cm³/mol. The first-order valence-electron chi connectivity index (χ1n) is 10.1. The minimum Gasteiger partial charge on any atom is -0.497 e. The summed E-state index contributed by atoms with van der Waals surface area (Å²) < 4.78 is 5.14. The number of thioether (sulfide) groups is 1. The van der Waals surface area contributed by atoms with Crippen molar-refractivity contribution in [3.63, 3.8) is 0 Å². The molecule has 0 radical (unpaired) electrons. The molecule has 1 fully saturated rings. The molecular formula is C25H24N2O3S. The van der Waals surface area contributed by atoms with Crippen LogP contribution < -0.4 is 10.1 Å². The smallest absolute Gasteiger partial charge is 0.255 e. The number of amides is 2. The van der Waals surface area contributed by atoms with Gasteiger partial charge in [0.1, 0.15) is 11.1 Å². The van der Waals surface area contributed by atoms with Crippen LogP contribution in [0.15, 0.2) is 78.9 Å². The van der Waals surface area contributed by atoms with Crippen molar-refractivity contribution < 1.29 is 14.3 Å². The van der Waals surface area contributed by atoms with Crippen LogP contribution in [-0.4, -0.2) is 36.1 Å². The molecule has 2 amide bonds. The van der Waals surface area contributed by atoms with Gasteiger partial charge < -0.3 is 15.0 Å². The average molecular weight is 433 g/mol. The van der Waals surface area contributed by atoms with E-state index in [0.29, 0.717) is 23.5 Å². The molecule has 3 aromatic carbocycles. The van der Waals surface area contributed by atoms with E-state index in [2.05, 4.69) is 17.4 Å². The topological polar surface area (TPSA) is 58.6 Å². The lowest BCUT2D eigenvalue weighted by molar-refractivity contribution is -0.128. The van der Waals surface area contributed by atoms with Crippen LogP contribution in [-0.2, 0) is 11.2 Å². The Hall–Kier alpha value is -3.25. The van der Waals surface area contributed by atoms with Crippen LogP contribution in [0.4, 0.5) is 5.69 Å². The molecule has 3 aromatic rings. The van der Waals surface area contributed by atoms with Crippen molar-refractivity contribution in [2.75, 3.05) is 24.7 Å². The van der Waals surface area contributed by atoms with Gasteiger partial charge in [0, 0.05) is 17.8 Å². The number of carbonyl (C=O) groups excluding carboxylic acids is 2. The summed E-state index contributed by atoms with van der Waals surface area (Å²) in [5, 5.41) is 2.87. The van der Waals surface area contributed by atoms with E-state index in [-0.39, 0.29) is 17.2 Å². The fraction of sp³-hybridized carbons (Fsp3) is 0.200. The number of carbonyl (C=O) groups is 2. The Kier molecular flexibility index (Phi) is 6.57. The summed E-state index contributed by atoms with van der Waals surface area (Å²) in [6.45, 7) is 0.681. The Labute approximate surface area is 186 Å². The highest BCUT2D eigenvalue weighted by Crippen LogP contribution is 2.38. The number of benzene rings is 3. The summed E-state index contributed by atoms with van der Waals surface area (Å²) in [5.74, 6) is 1.21. The summed E-state index contributed by atoms with van der Waals surface area (Å²) in [7, 11) is 1.61. The number of hydrogen-bond acceptors (Lipinski definition) is 4. The van der Waals surface area contributed by atoms with E-state index in [4.69, 9.17) is 4.74 Å². The lowest BCUT2D eigenvalue weighted by atomic mass is 10.1. The van der Waals surface area contributed by atoms with Crippen molar-refractivity contribution >= 4 is 29.3 Å². The third kappa shape index (κ3) is 5.09. The maximum absolute atomic E-state index is 12.6. The zero-order chi connectivity index (χ0) is 21.6. The van der Waals surface area contributed by atoms with Crippen molar-refractivity contribution in [2.24, 2.45) is 0 Å². The fourth-order valence-corrected chi connectivity index (χ4v) is 4.76. The predicted octanol–water partition coefficient (Wildman–Crippen LogP) is 4.76. The van der Waals surface area contributed by atoms with Crippen LogP contribution in [0.3, 0.4) is 0 Å². The summed E-state index contributed by atoms with van der Waals surface area (Å²) in [5.41, 5.74) is 3.53. The van der Waals surface area contributed by atoms with Gasteiger partial charge in [-0.25, -0.2) is 0 Å². The van der Waals surface area contributed by atoms with E-state index in [1.54, 1.807) is 43.1 Å². The summed E-state index contributed by atoms with van der Waals surface area (Å²) in [6, 6.07) is 24.9. The SMILES string of the molecule is COc1ccc(NC(=O)c2ccc(C3SCC(=O)N3CCc3ccccc3)cc2)cc1. The normalized spacial score (nSPS) is 15.7. The minimum atomic E-state index is -0.173. The second-order valence-corrected chi connectivity index (χ2v) is 8.36. The molecule has 0 spiro atoms. The zero-order valence-electron chi connectivity index (χ0n) is 17.3. The molecule has 6 heteroatoms. The second-order valence-electron chi connectivity index (χ2n) is 7.29. The van der Waals surface area contributed by atoms with Crippen LogP contribution in [0, 0.1) is 0 Å². The highest BCUT2D eigenvalue weighted by atomic mass is 32.2. The van der Waals surface area contributed by atoms with Crippen LogP contribution >= 0.6 is 11.8 Å². The highest BCUT2D eigenvalue weighted by Gasteiger charge is 2.32. The number of nitrogens with one attached hydrogen (secondary N) is 1. The Bertz CT molecular complexity index is 1040. The second kappa shape index (κ2) is 9.71. The van der Waals surface area contributed by atoms with Crippen molar-refractivity contribution in [3.8, 4) is 5.75 Å².